The van der Waals surface area contributed by atoms with E-state index in [1.165, 1.54) is 4.90 Å². The highest BCUT2D eigenvalue weighted by Gasteiger charge is 2.32. The van der Waals surface area contributed by atoms with E-state index in [-0.39, 0.29) is 23.8 Å². The molecule has 0 bridgehead atoms. The third-order valence-corrected chi connectivity index (χ3v) is 4.83. The standard InChI is InChI=1S/C16H21I2N4O5/c1-4-20(11(2)3)16(23)13-9-12(21(24)25)10-14(22(26)27)15(13)19(7-5-17)8-6-18/h9-11H,1,4-8H2,2-3H3. The molecular weight excluding hydrogens is 582 g/mol. The Morgan fingerprint density at radius 1 is 1.15 bits per heavy atom. The number of non-ortho nitro benzene ring substituents is 1. The average Bonchev–Trinajstić information content (AvgIpc) is 2.60. The number of nitro groups is 2. The summed E-state index contributed by atoms with van der Waals surface area (Å²) in [6.45, 7) is 8.43. The maximum atomic E-state index is 13.1. The Morgan fingerprint density at radius 2 is 1.70 bits per heavy atom. The molecule has 1 aromatic carbocycles. The van der Waals surface area contributed by atoms with Crippen LogP contribution in [0.2, 0.25) is 0 Å². The van der Waals surface area contributed by atoms with Gasteiger partial charge >= 0.3 is 0 Å². The maximum Gasteiger partial charge on any atom is 0.300 e. The van der Waals surface area contributed by atoms with Crippen LogP contribution in [0.1, 0.15) is 24.2 Å². The van der Waals surface area contributed by atoms with E-state index < -0.39 is 27.1 Å². The second-order valence-electron chi connectivity index (χ2n) is 5.83. The number of hydrogen-bond donors (Lipinski definition) is 0. The molecule has 149 valence electrons. The van der Waals surface area contributed by atoms with Crippen LogP contribution in [0, 0.1) is 27.2 Å². The smallest absolute Gasteiger partial charge is 0.300 e. The number of benzene rings is 1. The molecule has 9 nitrogen and oxygen atoms in total. The van der Waals surface area contributed by atoms with Gasteiger partial charge in [0.1, 0.15) is 5.69 Å². The molecule has 0 aliphatic heterocycles. The van der Waals surface area contributed by atoms with Crippen LogP contribution in [0.4, 0.5) is 17.1 Å². The SMILES string of the molecule is [CH2]CN(C(=O)c1cc([N+](=O)[O-])cc([N+](=O)[O-])c1N(CCI)CCI)C(C)C. The Labute approximate surface area is 185 Å². The van der Waals surface area contributed by atoms with Gasteiger partial charge in [0.05, 0.1) is 21.5 Å². The first-order chi connectivity index (χ1) is 12.7. The lowest BCUT2D eigenvalue weighted by molar-refractivity contribution is -0.393. The van der Waals surface area contributed by atoms with Crippen molar-refractivity contribution < 1.29 is 14.6 Å². The molecule has 0 aliphatic carbocycles. The van der Waals surface area contributed by atoms with Crippen molar-refractivity contribution in [2.24, 2.45) is 0 Å². The first-order valence-corrected chi connectivity index (χ1v) is 11.2. The fourth-order valence-corrected chi connectivity index (χ4v) is 3.80. The van der Waals surface area contributed by atoms with Gasteiger partial charge in [-0.15, -0.1) is 0 Å². The minimum absolute atomic E-state index is 0.0389. The Morgan fingerprint density at radius 3 is 2.07 bits per heavy atom. The molecule has 0 spiro atoms. The molecule has 0 atom stereocenters. The van der Waals surface area contributed by atoms with Crippen molar-refractivity contribution >= 4 is 68.2 Å². The molecule has 0 fully saturated rings. The van der Waals surface area contributed by atoms with Crippen molar-refractivity contribution in [1.82, 2.24) is 4.90 Å². The maximum absolute atomic E-state index is 13.1. The molecule has 0 saturated carbocycles. The van der Waals surface area contributed by atoms with Crippen LogP contribution in [0.5, 0.6) is 0 Å². The number of rotatable bonds is 10. The van der Waals surface area contributed by atoms with Crippen molar-refractivity contribution in [3.8, 4) is 0 Å². The summed E-state index contributed by atoms with van der Waals surface area (Å²) in [6, 6.07) is 1.84. The van der Waals surface area contributed by atoms with Crippen molar-refractivity contribution in [1.29, 1.82) is 0 Å². The van der Waals surface area contributed by atoms with E-state index >= 15 is 0 Å². The lowest BCUT2D eigenvalue weighted by atomic mass is 10.1. The number of nitro benzene ring substituents is 2. The van der Waals surface area contributed by atoms with Crippen molar-refractivity contribution in [2.75, 3.05) is 33.4 Å². The molecule has 1 aromatic rings. The van der Waals surface area contributed by atoms with Crippen molar-refractivity contribution in [2.45, 2.75) is 19.9 Å². The molecule has 11 heteroatoms. The van der Waals surface area contributed by atoms with Crippen LogP contribution in [0.25, 0.3) is 0 Å². The molecule has 27 heavy (non-hydrogen) atoms. The van der Waals surface area contributed by atoms with Gasteiger partial charge in [0.2, 0.25) is 0 Å². The van der Waals surface area contributed by atoms with Gasteiger partial charge in [-0.25, -0.2) is 0 Å². The fourth-order valence-electron chi connectivity index (χ4n) is 2.63. The van der Waals surface area contributed by atoms with Crippen LogP contribution >= 0.6 is 45.2 Å². The van der Waals surface area contributed by atoms with E-state index in [0.29, 0.717) is 21.9 Å². The second-order valence-corrected chi connectivity index (χ2v) is 7.99. The number of carbonyl (C=O) groups is 1. The van der Waals surface area contributed by atoms with Gasteiger partial charge in [-0.05, 0) is 20.8 Å². The van der Waals surface area contributed by atoms with Gasteiger partial charge < -0.3 is 9.80 Å². The first-order valence-electron chi connectivity index (χ1n) is 8.13. The molecule has 0 heterocycles. The molecule has 1 radical (unpaired) electrons. The van der Waals surface area contributed by atoms with Gasteiger partial charge in [-0.3, -0.25) is 25.0 Å². The summed E-state index contributed by atoms with van der Waals surface area (Å²) in [5.41, 5.74) is -0.827. The number of alkyl halides is 2. The van der Waals surface area contributed by atoms with Gasteiger partial charge in [0.25, 0.3) is 17.3 Å². The summed E-state index contributed by atoms with van der Waals surface area (Å²) in [5.74, 6) is -0.506. The summed E-state index contributed by atoms with van der Waals surface area (Å²) in [6.07, 6.45) is 0. The molecule has 0 aliphatic rings. The van der Waals surface area contributed by atoms with E-state index in [1.807, 2.05) is 0 Å². The predicted octanol–water partition coefficient (Wildman–Crippen LogP) is 3.86. The fraction of sp³-hybridized carbons (Fsp3) is 0.500. The molecular formula is C16H21I2N4O5. The number of hydrogen-bond acceptors (Lipinski definition) is 6. The second kappa shape index (κ2) is 10.9. The Bertz CT molecular complexity index is 708. The predicted molar refractivity (Wildman–Crippen MR) is 121 cm³/mol. The monoisotopic (exact) mass is 603 g/mol. The zero-order valence-corrected chi connectivity index (χ0v) is 19.4. The molecule has 1 rings (SSSR count). The van der Waals surface area contributed by atoms with Crippen LogP contribution in [-0.2, 0) is 0 Å². The highest BCUT2D eigenvalue weighted by atomic mass is 127. The van der Waals surface area contributed by atoms with E-state index in [1.54, 1.807) is 18.7 Å². The van der Waals surface area contributed by atoms with Gasteiger partial charge in [0.15, 0.2) is 0 Å². The van der Waals surface area contributed by atoms with Gasteiger partial charge in [-0.1, -0.05) is 45.2 Å². The zero-order chi connectivity index (χ0) is 20.7. The molecule has 1 amide bonds. The number of nitrogens with zero attached hydrogens (tertiary/aromatic N) is 4. The number of anilines is 1. The normalized spacial score (nSPS) is 10.7. The quantitative estimate of drug-likeness (QED) is 0.174. The van der Waals surface area contributed by atoms with E-state index in [0.717, 1.165) is 12.1 Å². The summed E-state index contributed by atoms with van der Waals surface area (Å²) in [5, 5.41) is 23.0. The minimum Gasteiger partial charge on any atom is -0.364 e. The number of carbonyl (C=O) groups excluding carboxylic acids is 1. The highest BCUT2D eigenvalue weighted by molar-refractivity contribution is 14.1. The van der Waals surface area contributed by atoms with Crippen LogP contribution in [-0.4, -0.2) is 55.2 Å². The van der Waals surface area contributed by atoms with Crippen molar-refractivity contribution in [3.05, 3.63) is 44.8 Å². The minimum atomic E-state index is -0.724. The molecule has 0 unspecified atom stereocenters. The highest BCUT2D eigenvalue weighted by Crippen LogP contribution is 2.37. The Hall–Kier alpha value is -1.25. The van der Waals surface area contributed by atoms with Crippen LogP contribution in [0.3, 0.4) is 0 Å². The third kappa shape index (κ3) is 5.86. The molecule has 0 saturated heterocycles. The van der Waals surface area contributed by atoms with E-state index in [2.05, 4.69) is 52.1 Å². The van der Waals surface area contributed by atoms with E-state index in [4.69, 9.17) is 0 Å². The van der Waals surface area contributed by atoms with Gasteiger partial charge in [-0.2, -0.15) is 0 Å². The summed E-state index contributed by atoms with van der Waals surface area (Å²) >= 11 is 4.30. The third-order valence-electron chi connectivity index (χ3n) is 3.86. The largest absolute Gasteiger partial charge is 0.364 e. The first kappa shape index (κ1) is 23.8. The molecule has 0 N–H and O–H groups in total. The summed E-state index contributed by atoms with van der Waals surface area (Å²) in [4.78, 5) is 37.9. The van der Waals surface area contributed by atoms with E-state index in [9.17, 15) is 25.0 Å². The lowest BCUT2D eigenvalue weighted by Crippen LogP contribution is -2.38. The van der Waals surface area contributed by atoms with Crippen LogP contribution in [0.15, 0.2) is 12.1 Å². The summed E-state index contributed by atoms with van der Waals surface area (Å²) < 4.78 is 1.36. The average molecular weight is 603 g/mol. The number of halogens is 2. The Kier molecular flexibility index (Phi) is 9.62. The lowest BCUT2D eigenvalue weighted by Gasteiger charge is -2.29. The zero-order valence-electron chi connectivity index (χ0n) is 15.1. The molecule has 0 aromatic heterocycles. The number of amides is 1. The van der Waals surface area contributed by atoms with Crippen molar-refractivity contribution in [3.63, 3.8) is 0 Å². The summed E-state index contributed by atoms with van der Waals surface area (Å²) in [7, 11) is 0. The topological polar surface area (TPSA) is 110 Å². The van der Waals surface area contributed by atoms with Crippen LogP contribution < -0.4 is 4.90 Å². The van der Waals surface area contributed by atoms with Gasteiger partial charge in [0, 0.05) is 40.6 Å². The Balaban J connectivity index is 3.80.